The minimum absolute atomic E-state index is 0.0967. The Hall–Kier alpha value is -1.41. The van der Waals surface area contributed by atoms with Crippen LogP contribution in [0.25, 0.3) is 0 Å². The SMILES string of the molecule is CN(CC(F)F)C(=O)C1Cc2cc(S(=O)(=O)Cl)ccc2O1. The van der Waals surface area contributed by atoms with Gasteiger partial charge in [-0.3, -0.25) is 4.79 Å². The van der Waals surface area contributed by atoms with Crippen LogP contribution in [0.5, 0.6) is 5.75 Å². The summed E-state index contributed by atoms with van der Waals surface area (Å²) in [6.07, 6.45) is -3.45. The number of alkyl halides is 2. The summed E-state index contributed by atoms with van der Waals surface area (Å²) in [5.41, 5.74) is 0.500. The number of fused-ring (bicyclic) bond motifs is 1. The van der Waals surface area contributed by atoms with E-state index in [1.54, 1.807) is 0 Å². The van der Waals surface area contributed by atoms with E-state index < -0.39 is 34.0 Å². The molecule has 0 saturated carbocycles. The van der Waals surface area contributed by atoms with Gasteiger partial charge in [0.25, 0.3) is 21.4 Å². The van der Waals surface area contributed by atoms with E-state index in [4.69, 9.17) is 15.4 Å². The first-order valence-electron chi connectivity index (χ1n) is 5.96. The van der Waals surface area contributed by atoms with Crippen LogP contribution in [0.15, 0.2) is 23.1 Å². The van der Waals surface area contributed by atoms with E-state index in [9.17, 15) is 22.0 Å². The number of amides is 1. The van der Waals surface area contributed by atoms with E-state index in [0.29, 0.717) is 11.3 Å². The molecule has 1 aromatic rings. The number of ether oxygens (including phenoxy) is 1. The maximum atomic E-state index is 12.3. The van der Waals surface area contributed by atoms with Crippen LogP contribution in [0.4, 0.5) is 8.78 Å². The summed E-state index contributed by atoms with van der Waals surface area (Å²) in [5.74, 6) is -0.232. The fourth-order valence-electron chi connectivity index (χ4n) is 2.06. The molecule has 1 unspecified atom stereocenters. The summed E-state index contributed by atoms with van der Waals surface area (Å²) in [7, 11) is 2.63. The smallest absolute Gasteiger partial charge is 0.263 e. The first-order chi connectivity index (χ1) is 9.68. The maximum Gasteiger partial charge on any atom is 0.263 e. The molecule has 1 aliphatic rings. The lowest BCUT2D eigenvalue weighted by molar-refractivity contribution is -0.138. The number of likely N-dealkylation sites (N-methyl/N-ethyl adjacent to an activating group) is 1. The summed E-state index contributed by atoms with van der Waals surface area (Å²) < 4.78 is 52.4. The molecular weight excluding hydrogens is 328 g/mol. The molecule has 116 valence electrons. The van der Waals surface area contributed by atoms with Gasteiger partial charge < -0.3 is 9.64 Å². The molecule has 2 rings (SSSR count). The van der Waals surface area contributed by atoms with Crippen molar-refractivity contribution in [2.75, 3.05) is 13.6 Å². The summed E-state index contributed by atoms with van der Waals surface area (Å²) in [4.78, 5) is 12.7. The zero-order valence-electron chi connectivity index (χ0n) is 10.9. The molecule has 21 heavy (non-hydrogen) atoms. The molecule has 0 N–H and O–H groups in total. The highest BCUT2D eigenvalue weighted by atomic mass is 35.7. The molecule has 0 aromatic heterocycles. The predicted molar refractivity (Wildman–Crippen MR) is 71.2 cm³/mol. The third-order valence-electron chi connectivity index (χ3n) is 3.05. The number of carbonyl (C=O) groups excluding carboxylic acids is 1. The Morgan fingerprint density at radius 3 is 2.76 bits per heavy atom. The Kier molecular flexibility index (Phi) is 4.38. The number of nitrogens with zero attached hydrogens (tertiary/aromatic N) is 1. The highest BCUT2D eigenvalue weighted by Gasteiger charge is 2.32. The second kappa shape index (κ2) is 5.76. The minimum Gasteiger partial charge on any atom is -0.480 e. The molecule has 0 aliphatic carbocycles. The molecule has 0 saturated heterocycles. The van der Waals surface area contributed by atoms with Crippen molar-refractivity contribution in [2.24, 2.45) is 0 Å². The fraction of sp³-hybridized carbons (Fsp3) is 0.417. The van der Waals surface area contributed by atoms with Crippen LogP contribution in [0, 0.1) is 0 Å². The van der Waals surface area contributed by atoms with Crippen molar-refractivity contribution < 1.29 is 26.7 Å². The lowest BCUT2D eigenvalue weighted by Gasteiger charge is -2.20. The number of rotatable bonds is 4. The lowest BCUT2D eigenvalue weighted by atomic mass is 10.1. The van der Waals surface area contributed by atoms with E-state index >= 15 is 0 Å². The monoisotopic (exact) mass is 339 g/mol. The Morgan fingerprint density at radius 2 is 2.19 bits per heavy atom. The average molecular weight is 340 g/mol. The van der Waals surface area contributed by atoms with E-state index in [0.717, 1.165) is 4.90 Å². The second-order valence-corrected chi connectivity index (χ2v) is 7.19. The third-order valence-corrected chi connectivity index (χ3v) is 4.40. The van der Waals surface area contributed by atoms with E-state index in [1.165, 1.54) is 25.2 Å². The second-order valence-electron chi connectivity index (χ2n) is 4.63. The highest BCUT2D eigenvalue weighted by molar-refractivity contribution is 8.13. The molecule has 9 heteroatoms. The van der Waals surface area contributed by atoms with Crippen LogP contribution in [-0.4, -0.2) is 45.3 Å². The molecular formula is C12H12ClF2NO4S. The van der Waals surface area contributed by atoms with Gasteiger partial charge in [0.2, 0.25) is 0 Å². The van der Waals surface area contributed by atoms with Gasteiger partial charge in [0.15, 0.2) is 6.10 Å². The van der Waals surface area contributed by atoms with Gasteiger partial charge >= 0.3 is 0 Å². The molecule has 1 aliphatic heterocycles. The highest BCUT2D eigenvalue weighted by Crippen LogP contribution is 2.32. The number of hydrogen-bond donors (Lipinski definition) is 0. The van der Waals surface area contributed by atoms with Gasteiger partial charge in [-0.2, -0.15) is 0 Å². The van der Waals surface area contributed by atoms with Crippen molar-refractivity contribution in [1.82, 2.24) is 4.90 Å². The van der Waals surface area contributed by atoms with Crippen LogP contribution < -0.4 is 4.74 Å². The molecule has 0 fully saturated rings. The average Bonchev–Trinajstić information content (AvgIpc) is 2.78. The normalized spacial score (nSPS) is 17.5. The number of halogens is 3. The first-order valence-corrected chi connectivity index (χ1v) is 8.27. The first kappa shape index (κ1) is 16.0. The van der Waals surface area contributed by atoms with Crippen molar-refractivity contribution in [3.05, 3.63) is 23.8 Å². The van der Waals surface area contributed by atoms with Gasteiger partial charge in [0.05, 0.1) is 11.4 Å². The summed E-state index contributed by atoms with van der Waals surface area (Å²) in [6.45, 7) is -0.684. The Balaban J connectivity index is 2.14. The fourth-order valence-corrected chi connectivity index (χ4v) is 2.86. The lowest BCUT2D eigenvalue weighted by Crippen LogP contribution is -2.41. The largest absolute Gasteiger partial charge is 0.480 e. The van der Waals surface area contributed by atoms with Crippen LogP contribution in [0.2, 0.25) is 0 Å². The quantitative estimate of drug-likeness (QED) is 0.782. The number of hydrogen-bond acceptors (Lipinski definition) is 4. The van der Waals surface area contributed by atoms with Crippen molar-refractivity contribution in [3.8, 4) is 5.75 Å². The Labute approximate surface area is 124 Å². The molecule has 5 nitrogen and oxygen atoms in total. The molecule has 1 amide bonds. The zero-order valence-corrected chi connectivity index (χ0v) is 12.5. The molecule has 1 aromatic carbocycles. The third kappa shape index (κ3) is 3.62. The van der Waals surface area contributed by atoms with Gasteiger partial charge in [0.1, 0.15) is 5.75 Å². The molecule has 1 atom stereocenters. The summed E-state index contributed by atoms with van der Waals surface area (Å²) >= 11 is 0. The predicted octanol–water partition coefficient (Wildman–Crippen LogP) is 1.64. The van der Waals surface area contributed by atoms with Crippen LogP contribution in [0.3, 0.4) is 0 Å². The van der Waals surface area contributed by atoms with Gasteiger partial charge in [-0.25, -0.2) is 17.2 Å². The maximum absolute atomic E-state index is 12.3. The van der Waals surface area contributed by atoms with Gasteiger partial charge in [-0.15, -0.1) is 0 Å². The van der Waals surface area contributed by atoms with Crippen molar-refractivity contribution >= 4 is 25.6 Å². The van der Waals surface area contributed by atoms with Crippen molar-refractivity contribution in [2.45, 2.75) is 23.8 Å². The summed E-state index contributed by atoms with van der Waals surface area (Å²) in [6, 6.07) is 3.97. The van der Waals surface area contributed by atoms with Gasteiger partial charge in [0, 0.05) is 24.2 Å². The van der Waals surface area contributed by atoms with E-state index in [2.05, 4.69) is 0 Å². The van der Waals surface area contributed by atoms with Crippen LogP contribution in [-0.2, 0) is 20.3 Å². The van der Waals surface area contributed by atoms with E-state index in [-0.39, 0.29) is 11.3 Å². The van der Waals surface area contributed by atoms with Crippen molar-refractivity contribution in [1.29, 1.82) is 0 Å². The minimum atomic E-state index is -3.87. The Morgan fingerprint density at radius 1 is 1.52 bits per heavy atom. The zero-order chi connectivity index (χ0) is 15.8. The molecule has 1 heterocycles. The van der Waals surface area contributed by atoms with E-state index in [1.807, 2.05) is 0 Å². The molecule has 0 spiro atoms. The summed E-state index contributed by atoms with van der Waals surface area (Å²) in [5, 5.41) is 0. The van der Waals surface area contributed by atoms with Gasteiger partial charge in [-0.1, -0.05) is 0 Å². The van der Waals surface area contributed by atoms with Crippen LogP contribution >= 0.6 is 10.7 Å². The van der Waals surface area contributed by atoms with Gasteiger partial charge in [-0.05, 0) is 23.8 Å². The van der Waals surface area contributed by atoms with Crippen LogP contribution in [0.1, 0.15) is 5.56 Å². The Bertz CT molecular complexity index is 665. The number of benzene rings is 1. The topological polar surface area (TPSA) is 63.7 Å². The standard InChI is InChI=1S/C12H12ClF2NO4S/c1-16(6-11(14)15)12(17)10-5-7-4-8(21(13,18)19)2-3-9(7)20-10/h2-4,10-11H,5-6H2,1H3. The number of carbonyl (C=O) groups is 1. The molecule has 0 bridgehead atoms. The van der Waals surface area contributed by atoms with Crippen molar-refractivity contribution in [3.63, 3.8) is 0 Å². The molecule has 0 radical (unpaired) electrons.